The van der Waals surface area contributed by atoms with Crippen molar-refractivity contribution in [2.24, 2.45) is 17.3 Å². The van der Waals surface area contributed by atoms with E-state index in [1.165, 1.54) is 0 Å². The van der Waals surface area contributed by atoms with E-state index in [0.717, 1.165) is 38.5 Å². The van der Waals surface area contributed by atoms with Crippen LogP contribution in [0.25, 0.3) is 0 Å². The number of carboxylic acid groups (broad SMARTS) is 1. The maximum atomic E-state index is 12.2. The molecule has 2 bridgehead atoms. The van der Waals surface area contributed by atoms with Gasteiger partial charge in [0.2, 0.25) is 0 Å². The third-order valence-corrected chi connectivity index (χ3v) is 4.65. The Morgan fingerprint density at radius 2 is 2.00 bits per heavy atom. The first-order valence-corrected chi connectivity index (χ1v) is 6.99. The number of carbonyl (C=O) groups excluding carboxylic acids is 1. The molecule has 1 unspecified atom stereocenters. The fourth-order valence-corrected chi connectivity index (χ4v) is 3.43. The molecule has 0 amide bonds. The molecule has 4 heteroatoms. The fraction of sp³-hybridized carbons (Fsp3) is 0.857. The minimum atomic E-state index is -0.745. The third kappa shape index (κ3) is 2.38. The third-order valence-electron chi connectivity index (χ3n) is 4.65. The number of rotatable bonds is 5. The number of carboxylic acids is 1. The smallest absolute Gasteiger partial charge is 0.312 e. The highest BCUT2D eigenvalue weighted by Gasteiger charge is 2.53. The molecule has 4 nitrogen and oxygen atoms in total. The van der Waals surface area contributed by atoms with E-state index in [4.69, 9.17) is 4.74 Å². The number of unbranched alkanes of at least 4 members (excludes halogenated alkanes) is 1. The molecule has 3 aliphatic carbocycles. The Bertz CT molecular complexity index is 329. The number of aliphatic carboxylic acids is 1. The minimum absolute atomic E-state index is 0.152. The summed E-state index contributed by atoms with van der Waals surface area (Å²) >= 11 is 0. The van der Waals surface area contributed by atoms with Crippen LogP contribution in [-0.2, 0) is 14.3 Å². The van der Waals surface area contributed by atoms with Gasteiger partial charge in [-0.3, -0.25) is 9.59 Å². The van der Waals surface area contributed by atoms with Crippen LogP contribution in [-0.4, -0.2) is 23.7 Å². The molecule has 0 aromatic heterocycles. The molecule has 3 rings (SSSR count). The first-order chi connectivity index (χ1) is 8.59. The van der Waals surface area contributed by atoms with Gasteiger partial charge in [0.25, 0.3) is 0 Å². The zero-order valence-corrected chi connectivity index (χ0v) is 11.0. The molecule has 0 heterocycles. The van der Waals surface area contributed by atoms with Crippen LogP contribution >= 0.6 is 0 Å². The molecule has 0 spiro atoms. The minimum Gasteiger partial charge on any atom is -0.481 e. The quantitative estimate of drug-likeness (QED) is 0.605. The maximum absolute atomic E-state index is 12.2. The van der Waals surface area contributed by atoms with Crippen molar-refractivity contribution in [1.82, 2.24) is 0 Å². The topological polar surface area (TPSA) is 63.6 Å². The van der Waals surface area contributed by atoms with E-state index in [-0.39, 0.29) is 17.8 Å². The summed E-state index contributed by atoms with van der Waals surface area (Å²) in [6.45, 7) is 2.52. The summed E-state index contributed by atoms with van der Waals surface area (Å²) in [4.78, 5) is 23.4. The molecule has 0 saturated heterocycles. The van der Waals surface area contributed by atoms with Gasteiger partial charge in [-0.2, -0.15) is 0 Å². The van der Waals surface area contributed by atoms with Gasteiger partial charge in [-0.25, -0.2) is 0 Å². The van der Waals surface area contributed by atoms with Crippen molar-refractivity contribution < 1.29 is 19.4 Å². The molecule has 3 fully saturated rings. The lowest BCUT2D eigenvalue weighted by Crippen LogP contribution is -2.48. The standard InChI is InChI=1S/C14H22O4/c1-2-3-8-18-13(17)14-6-4-10(5-7-14)11(9-14)12(15)16/h10-11H,2-9H2,1H3,(H,15,16). The lowest BCUT2D eigenvalue weighted by atomic mass is 9.56. The molecule has 0 radical (unpaired) electrons. The van der Waals surface area contributed by atoms with Gasteiger partial charge >= 0.3 is 11.9 Å². The van der Waals surface area contributed by atoms with Gasteiger partial charge in [-0.05, 0) is 44.4 Å². The number of hydrogen-bond donors (Lipinski definition) is 1. The van der Waals surface area contributed by atoms with Gasteiger partial charge in [0.15, 0.2) is 0 Å². The molecule has 3 aliphatic rings. The van der Waals surface area contributed by atoms with Crippen LogP contribution in [0.3, 0.4) is 0 Å². The first-order valence-electron chi connectivity index (χ1n) is 6.99. The van der Waals surface area contributed by atoms with E-state index < -0.39 is 11.4 Å². The lowest BCUT2D eigenvalue weighted by Gasteiger charge is -2.47. The highest BCUT2D eigenvalue weighted by atomic mass is 16.5. The Morgan fingerprint density at radius 3 is 2.56 bits per heavy atom. The number of esters is 1. The van der Waals surface area contributed by atoms with Gasteiger partial charge in [0.05, 0.1) is 17.9 Å². The van der Waals surface area contributed by atoms with Crippen molar-refractivity contribution in [3.63, 3.8) is 0 Å². The summed E-state index contributed by atoms with van der Waals surface area (Å²) in [5.41, 5.74) is -0.494. The van der Waals surface area contributed by atoms with E-state index >= 15 is 0 Å². The summed E-state index contributed by atoms with van der Waals surface area (Å²) in [5, 5.41) is 9.22. The van der Waals surface area contributed by atoms with E-state index in [1.807, 2.05) is 0 Å². The normalized spacial score (nSPS) is 34.3. The van der Waals surface area contributed by atoms with Crippen LogP contribution < -0.4 is 0 Å². The summed E-state index contributed by atoms with van der Waals surface area (Å²) in [6.07, 6.45) is 5.71. The molecular formula is C14H22O4. The Morgan fingerprint density at radius 1 is 1.33 bits per heavy atom. The molecule has 0 aromatic rings. The van der Waals surface area contributed by atoms with E-state index in [0.29, 0.717) is 13.0 Å². The average molecular weight is 254 g/mol. The van der Waals surface area contributed by atoms with Crippen LogP contribution in [0.1, 0.15) is 51.9 Å². The van der Waals surface area contributed by atoms with Gasteiger partial charge in [-0.1, -0.05) is 13.3 Å². The fourth-order valence-electron chi connectivity index (χ4n) is 3.43. The maximum Gasteiger partial charge on any atom is 0.312 e. The molecule has 1 atom stereocenters. The summed E-state index contributed by atoms with van der Waals surface area (Å²) in [6, 6.07) is 0. The number of ether oxygens (including phenoxy) is 1. The van der Waals surface area contributed by atoms with Gasteiger partial charge in [-0.15, -0.1) is 0 Å². The highest BCUT2D eigenvalue weighted by Crippen LogP contribution is 2.53. The molecule has 0 aliphatic heterocycles. The zero-order valence-electron chi connectivity index (χ0n) is 11.0. The van der Waals surface area contributed by atoms with Gasteiger partial charge in [0.1, 0.15) is 0 Å². The Balaban J connectivity index is 2.01. The van der Waals surface area contributed by atoms with Crippen molar-refractivity contribution in [3.05, 3.63) is 0 Å². The highest BCUT2D eigenvalue weighted by molar-refractivity contribution is 5.80. The molecule has 3 saturated carbocycles. The van der Waals surface area contributed by atoms with Gasteiger partial charge < -0.3 is 9.84 Å². The van der Waals surface area contributed by atoms with Crippen LogP contribution in [0, 0.1) is 17.3 Å². The van der Waals surface area contributed by atoms with Crippen molar-refractivity contribution in [2.45, 2.75) is 51.9 Å². The summed E-state index contributed by atoms with van der Waals surface area (Å²) in [5.74, 6) is -0.968. The predicted octanol–water partition coefficient (Wildman–Crippen LogP) is 2.61. The van der Waals surface area contributed by atoms with Gasteiger partial charge in [0, 0.05) is 0 Å². The van der Waals surface area contributed by atoms with Crippen LogP contribution in [0.4, 0.5) is 0 Å². The Kier molecular flexibility index (Phi) is 3.93. The van der Waals surface area contributed by atoms with Crippen molar-refractivity contribution in [1.29, 1.82) is 0 Å². The van der Waals surface area contributed by atoms with Crippen LogP contribution in [0.15, 0.2) is 0 Å². The Hall–Kier alpha value is -1.06. The van der Waals surface area contributed by atoms with E-state index in [1.54, 1.807) is 0 Å². The van der Waals surface area contributed by atoms with Crippen LogP contribution in [0.2, 0.25) is 0 Å². The molecule has 0 aromatic carbocycles. The Labute approximate surface area is 108 Å². The second kappa shape index (κ2) is 5.29. The first kappa shape index (κ1) is 13.4. The zero-order chi connectivity index (χ0) is 13.2. The summed E-state index contributed by atoms with van der Waals surface area (Å²) < 4.78 is 5.34. The average Bonchev–Trinajstić information content (AvgIpc) is 2.40. The molecule has 102 valence electrons. The second-order valence-electron chi connectivity index (χ2n) is 5.76. The monoisotopic (exact) mass is 254 g/mol. The van der Waals surface area contributed by atoms with Crippen molar-refractivity contribution in [2.75, 3.05) is 6.61 Å². The second-order valence-corrected chi connectivity index (χ2v) is 5.76. The largest absolute Gasteiger partial charge is 0.481 e. The lowest BCUT2D eigenvalue weighted by molar-refractivity contribution is -0.169. The van der Waals surface area contributed by atoms with E-state index in [2.05, 4.69) is 6.92 Å². The van der Waals surface area contributed by atoms with Crippen molar-refractivity contribution >= 4 is 11.9 Å². The number of carbonyl (C=O) groups is 2. The number of fused-ring (bicyclic) bond motifs is 3. The molecule has 1 N–H and O–H groups in total. The van der Waals surface area contributed by atoms with E-state index in [9.17, 15) is 14.7 Å². The number of hydrogen-bond acceptors (Lipinski definition) is 3. The molecular weight excluding hydrogens is 232 g/mol. The van der Waals surface area contributed by atoms with Crippen LogP contribution in [0.5, 0.6) is 0 Å². The van der Waals surface area contributed by atoms with Crippen molar-refractivity contribution in [3.8, 4) is 0 Å². The predicted molar refractivity (Wildman–Crippen MR) is 66.0 cm³/mol. The summed E-state index contributed by atoms with van der Waals surface area (Å²) in [7, 11) is 0. The SMILES string of the molecule is CCCCOC(=O)C12CCC(CC1)C(C(=O)O)C2. The molecule has 18 heavy (non-hydrogen) atoms.